The van der Waals surface area contributed by atoms with Crippen LogP contribution in [0.1, 0.15) is 34.1 Å². The number of esters is 1. The van der Waals surface area contributed by atoms with E-state index in [1.54, 1.807) is 44.5 Å². The van der Waals surface area contributed by atoms with Crippen molar-refractivity contribution in [2.24, 2.45) is 0 Å². The number of nitrogens with zero attached hydrogens (tertiary/aromatic N) is 1. The molecule has 106 valence electrons. The van der Waals surface area contributed by atoms with E-state index in [2.05, 4.69) is 4.74 Å². The minimum absolute atomic E-state index is 0.428. The summed E-state index contributed by atoms with van der Waals surface area (Å²) in [7, 11) is 1.31. The van der Waals surface area contributed by atoms with Crippen LogP contribution in [0.15, 0.2) is 0 Å². The Bertz CT molecular complexity index is 288. The molecule has 0 bridgehead atoms. The number of hydrogen-bond donors (Lipinski definition) is 0. The van der Waals surface area contributed by atoms with Crippen LogP contribution in [0, 0.1) is 0 Å². The van der Waals surface area contributed by atoms with Crippen LogP contribution >= 0.6 is 0 Å². The van der Waals surface area contributed by atoms with Gasteiger partial charge in [-0.25, -0.2) is 0 Å². The predicted octanol–water partition coefficient (Wildman–Crippen LogP) is 1.23. The molecule has 0 radical (unpaired) electrons. The van der Waals surface area contributed by atoms with Crippen LogP contribution in [-0.2, 0) is 14.3 Å². The first kappa shape index (κ1) is 17.3. The molecule has 6 heteroatoms. The Labute approximate surface area is 118 Å². The van der Waals surface area contributed by atoms with Crippen molar-refractivity contribution in [2.75, 3.05) is 13.7 Å². The van der Waals surface area contributed by atoms with Crippen LogP contribution in [0.3, 0.4) is 0 Å². The predicted molar refractivity (Wildman–Crippen MR) is 72.4 cm³/mol. The molecule has 0 N–H and O–H groups in total. The molecule has 1 amide bonds. The Kier molecular flexibility index (Phi) is 7.37. The molecule has 5 nitrogen and oxygen atoms in total. The zero-order chi connectivity index (χ0) is 14.3. The maximum atomic E-state index is 12.0. The van der Waals surface area contributed by atoms with Gasteiger partial charge in [-0.2, -0.15) is 0 Å². The number of rotatable bonds is 5. The number of ether oxygens (including phenoxy) is 2. The third-order valence-corrected chi connectivity index (χ3v) is 3.10. The third-order valence-electron chi connectivity index (χ3n) is 2.24. The van der Waals surface area contributed by atoms with Crippen LogP contribution in [-0.4, -0.2) is 59.1 Å². The van der Waals surface area contributed by atoms with Gasteiger partial charge in [0.15, 0.2) is 0 Å². The Morgan fingerprint density at radius 3 is 2.28 bits per heavy atom. The van der Waals surface area contributed by atoms with E-state index in [4.69, 9.17) is 4.74 Å². The van der Waals surface area contributed by atoms with E-state index in [1.165, 1.54) is 12.0 Å². The molecule has 1 unspecified atom stereocenters. The van der Waals surface area contributed by atoms with Crippen LogP contribution < -0.4 is 0 Å². The average molecular weight is 321 g/mol. The molecular formula is C12H24AsNO4. The van der Waals surface area contributed by atoms with Gasteiger partial charge in [0.25, 0.3) is 0 Å². The molecular weight excluding hydrogens is 297 g/mol. The van der Waals surface area contributed by atoms with Crippen molar-refractivity contribution in [3.63, 3.8) is 0 Å². The van der Waals surface area contributed by atoms with Gasteiger partial charge in [-0.3, -0.25) is 0 Å². The van der Waals surface area contributed by atoms with E-state index >= 15 is 0 Å². The number of carbonyl (C=O) groups is 2. The molecule has 0 aromatic carbocycles. The average Bonchev–Trinajstić information content (AvgIpc) is 2.25. The third kappa shape index (κ3) is 6.29. The van der Waals surface area contributed by atoms with Gasteiger partial charge >= 0.3 is 117 Å². The van der Waals surface area contributed by atoms with Gasteiger partial charge in [-0.05, 0) is 0 Å². The first-order chi connectivity index (χ1) is 8.22. The molecule has 0 aliphatic rings. The molecule has 18 heavy (non-hydrogen) atoms. The number of methoxy groups -OCH3 is 1. The second kappa shape index (κ2) is 7.67. The summed E-state index contributed by atoms with van der Waals surface area (Å²) in [5, 5.41) is 1.00. The maximum absolute atomic E-state index is 12.0. The van der Waals surface area contributed by atoms with Gasteiger partial charge < -0.3 is 0 Å². The van der Waals surface area contributed by atoms with Gasteiger partial charge in [0, 0.05) is 0 Å². The topological polar surface area (TPSA) is 55.8 Å². The molecule has 0 saturated heterocycles. The molecule has 2 atom stereocenters. The molecule has 0 aromatic rings. The van der Waals surface area contributed by atoms with Crippen molar-refractivity contribution < 1.29 is 19.1 Å². The first-order valence-corrected chi connectivity index (χ1v) is 7.71. The summed E-state index contributed by atoms with van der Waals surface area (Å²) in [4.78, 5) is 25.0. The van der Waals surface area contributed by atoms with Crippen LogP contribution in [0.5, 0.6) is 0 Å². The van der Waals surface area contributed by atoms with E-state index in [9.17, 15) is 9.59 Å². The van der Waals surface area contributed by atoms with E-state index < -0.39 is 23.7 Å². The zero-order valence-corrected chi connectivity index (χ0v) is 14.3. The fraction of sp³-hybridized carbons (Fsp3) is 0.833. The Morgan fingerprint density at radius 1 is 1.33 bits per heavy atom. The number of hydrogen-bond acceptors (Lipinski definition) is 4. The van der Waals surface area contributed by atoms with Crippen molar-refractivity contribution in [3.8, 4) is 0 Å². The molecule has 0 aliphatic carbocycles. The molecule has 0 spiro atoms. The van der Waals surface area contributed by atoms with Crippen LogP contribution in [0.4, 0.5) is 4.79 Å². The summed E-state index contributed by atoms with van der Waals surface area (Å²) >= 11 is 1.60. The molecule has 0 saturated carbocycles. The van der Waals surface area contributed by atoms with E-state index in [-0.39, 0.29) is 0 Å². The van der Waals surface area contributed by atoms with Crippen molar-refractivity contribution in [3.05, 3.63) is 0 Å². The van der Waals surface area contributed by atoms with Crippen LogP contribution in [0.2, 0.25) is 5.21 Å². The van der Waals surface area contributed by atoms with Gasteiger partial charge in [-0.1, -0.05) is 0 Å². The van der Waals surface area contributed by atoms with Crippen molar-refractivity contribution in [2.45, 2.75) is 51.0 Å². The Balaban J connectivity index is 4.76. The normalized spacial score (nSPS) is 12.8. The fourth-order valence-electron chi connectivity index (χ4n) is 1.32. The fourth-order valence-corrected chi connectivity index (χ4v) is 1.71. The standard InChI is InChI=1S/C12H24AsNO4/c1-9(10(15)17-5)14(8-6-7-13)11(16)18-12(2,3)4/h9H,6-8,13H2,1-5H3/t9-/m1/s1. The molecule has 0 heterocycles. The summed E-state index contributed by atoms with van der Waals surface area (Å²) in [6.45, 7) is 7.55. The summed E-state index contributed by atoms with van der Waals surface area (Å²) in [5.41, 5.74) is -0.568. The molecule has 0 aromatic heterocycles. The second-order valence-electron chi connectivity index (χ2n) is 5.02. The SMILES string of the molecule is COC(=O)[C@@H](C)N(CCC[AsH2])C(=O)OC(C)(C)C. The van der Waals surface area contributed by atoms with Gasteiger partial charge in [0.2, 0.25) is 0 Å². The number of carbonyl (C=O) groups excluding carboxylic acids is 2. The van der Waals surface area contributed by atoms with Crippen molar-refractivity contribution >= 4 is 28.9 Å². The van der Waals surface area contributed by atoms with Crippen molar-refractivity contribution in [1.82, 2.24) is 4.90 Å². The summed E-state index contributed by atoms with van der Waals surface area (Å²) in [6.07, 6.45) is 0.377. The zero-order valence-electron chi connectivity index (χ0n) is 11.9. The molecule has 0 rings (SSSR count). The second-order valence-corrected chi connectivity index (χ2v) is 6.23. The van der Waals surface area contributed by atoms with E-state index in [1.807, 2.05) is 0 Å². The number of amides is 1. The Morgan fingerprint density at radius 2 is 1.89 bits per heavy atom. The van der Waals surface area contributed by atoms with Gasteiger partial charge in [0.05, 0.1) is 0 Å². The quantitative estimate of drug-likeness (QED) is 0.564. The van der Waals surface area contributed by atoms with Gasteiger partial charge in [-0.15, -0.1) is 0 Å². The molecule has 0 fully saturated rings. The summed E-state index contributed by atoms with van der Waals surface area (Å²) in [6, 6.07) is -0.621. The van der Waals surface area contributed by atoms with Crippen LogP contribution in [0.25, 0.3) is 0 Å². The monoisotopic (exact) mass is 321 g/mol. The summed E-state index contributed by atoms with van der Waals surface area (Å²) in [5.74, 6) is -0.428. The van der Waals surface area contributed by atoms with Gasteiger partial charge in [0.1, 0.15) is 0 Å². The summed E-state index contributed by atoms with van der Waals surface area (Å²) < 4.78 is 9.97. The van der Waals surface area contributed by atoms with E-state index in [0.717, 1.165) is 11.6 Å². The van der Waals surface area contributed by atoms with E-state index in [0.29, 0.717) is 6.54 Å². The minimum atomic E-state index is -0.621. The molecule has 0 aliphatic heterocycles. The Hall–Kier alpha value is -0.702. The first-order valence-electron chi connectivity index (χ1n) is 6.00. The van der Waals surface area contributed by atoms with Crippen molar-refractivity contribution in [1.29, 1.82) is 0 Å².